The predicted molar refractivity (Wildman–Crippen MR) is 82.2 cm³/mol. The molecule has 0 aliphatic rings. The van der Waals surface area contributed by atoms with Gasteiger partial charge in [0.15, 0.2) is 0 Å². The van der Waals surface area contributed by atoms with E-state index in [1.54, 1.807) is 0 Å². The molecule has 0 bridgehead atoms. The van der Waals surface area contributed by atoms with Gasteiger partial charge in [0, 0.05) is 6.54 Å². The van der Waals surface area contributed by atoms with E-state index in [0.29, 0.717) is 19.4 Å². The van der Waals surface area contributed by atoms with E-state index in [1.165, 1.54) is 0 Å². The Morgan fingerprint density at radius 2 is 1.81 bits per heavy atom. The van der Waals surface area contributed by atoms with Gasteiger partial charge >= 0.3 is 12.0 Å². The van der Waals surface area contributed by atoms with E-state index in [9.17, 15) is 14.7 Å². The van der Waals surface area contributed by atoms with Gasteiger partial charge in [-0.15, -0.1) is 0 Å². The molecule has 0 aromatic heterocycles. The minimum Gasteiger partial charge on any atom is -0.480 e. The summed E-state index contributed by atoms with van der Waals surface area (Å²) >= 11 is 0. The normalized spacial score (nSPS) is 12.5. The molecular formula is C16H24N2O3. The Kier molecular flexibility index (Phi) is 6.21. The second-order valence-corrected chi connectivity index (χ2v) is 6.30. The Bertz CT molecular complexity index is 466. The third-order valence-electron chi connectivity index (χ3n) is 2.95. The second-order valence-electron chi connectivity index (χ2n) is 6.30. The van der Waals surface area contributed by atoms with Crippen LogP contribution in [0.15, 0.2) is 30.3 Å². The van der Waals surface area contributed by atoms with Gasteiger partial charge in [-0.3, -0.25) is 0 Å². The van der Waals surface area contributed by atoms with Gasteiger partial charge in [0.1, 0.15) is 6.04 Å². The van der Waals surface area contributed by atoms with Gasteiger partial charge in [-0.2, -0.15) is 0 Å². The lowest BCUT2D eigenvalue weighted by atomic mass is 9.97. The van der Waals surface area contributed by atoms with Gasteiger partial charge < -0.3 is 15.7 Å². The van der Waals surface area contributed by atoms with Crippen LogP contribution in [0, 0.1) is 5.41 Å². The monoisotopic (exact) mass is 292 g/mol. The maximum atomic E-state index is 11.7. The van der Waals surface area contributed by atoms with E-state index in [-0.39, 0.29) is 5.41 Å². The molecule has 0 aliphatic heterocycles. The highest BCUT2D eigenvalue weighted by atomic mass is 16.4. The smallest absolute Gasteiger partial charge is 0.326 e. The van der Waals surface area contributed by atoms with E-state index in [2.05, 4.69) is 10.6 Å². The first-order chi connectivity index (χ1) is 9.78. The molecule has 5 nitrogen and oxygen atoms in total. The summed E-state index contributed by atoms with van der Waals surface area (Å²) in [6.45, 7) is 6.48. The molecule has 3 N–H and O–H groups in total. The molecule has 116 valence electrons. The molecule has 1 atom stereocenters. The summed E-state index contributed by atoms with van der Waals surface area (Å²) in [5, 5.41) is 14.4. The highest BCUT2D eigenvalue weighted by molar-refractivity contribution is 5.82. The first-order valence-electron chi connectivity index (χ1n) is 7.09. The number of carbonyl (C=O) groups is 2. The second kappa shape index (κ2) is 7.67. The summed E-state index contributed by atoms with van der Waals surface area (Å²) in [7, 11) is 0. The zero-order valence-corrected chi connectivity index (χ0v) is 12.8. The van der Waals surface area contributed by atoms with Crippen LogP contribution < -0.4 is 10.6 Å². The lowest BCUT2D eigenvalue weighted by molar-refractivity contribution is -0.139. The van der Waals surface area contributed by atoms with Crippen LogP contribution in [-0.2, 0) is 11.2 Å². The van der Waals surface area contributed by atoms with Crippen molar-refractivity contribution >= 4 is 12.0 Å². The third kappa shape index (κ3) is 7.34. The van der Waals surface area contributed by atoms with E-state index < -0.39 is 18.0 Å². The maximum absolute atomic E-state index is 11.7. The summed E-state index contributed by atoms with van der Waals surface area (Å²) in [4.78, 5) is 22.9. The van der Waals surface area contributed by atoms with Crippen LogP contribution in [0.1, 0.15) is 32.8 Å². The van der Waals surface area contributed by atoms with Crippen LogP contribution in [0.2, 0.25) is 0 Å². The highest BCUT2D eigenvalue weighted by Crippen LogP contribution is 2.10. The van der Waals surface area contributed by atoms with Gasteiger partial charge in [0.05, 0.1) is 0 Å². The fourth-order valence-electron chi connectivity index (χ4n) is 1.77. The van der Waals surface area contributed by atoms with Crippen molar-refractivity contribution in [2.24, 2.45) is 5.41 Å². The average molecular weight is 292 g/mol. The first-order valence-corrected chi connectivity index (χ1v) is 7.09. The van der Waals surface area contributed by atoms with Crippen molar-refractivity contribution in [2.75, 3.05) is 6.54 Å². The number of benzene rings is 1. The van der Waals surface area contributed by atoms with Gasteiger partial charge in [0.2, 0.25) is 0 Å². The molecule has 5 heteroatoms. The Labute approximate surface area is 125 Å². The molecule has 2 amide bonds. The number of aliphatic carboxylic acids is 1. The van der Waals surface area contributed by atoms with Gasteiger partial charge in [0.25, 0.3) is 0 Å². The zero-order valence-electron chi connectivity index (χ0n) is 12.8. The standard InChI is InChI=1S/C16H24N2O3/c1-16(2,3)11-17-15(21)18-13(14(19)20)10-9-12-7-5-4-6-8-12/h4-8,13H,9-11H2,1-3H3,(H,19,20)(H2,17,18,21). The summed E-state index contributed by atoms with van der Waals surface area (Å²) in [6, 6.07) is 8.30. The van der Waals surface area contributed by atoms with E-state index in [0.717, 1.165) is 5.56 Å². The first kappa shape index (κ1) is 17.0. The number of urea groups is 1. The Morgan fingerprint density at radius 3 is 2.33 bits per heavy atom. The van der Waals surface area contributed by atoms with Crippen molar-refractivity contribution in [1.82, 2.24) is 10.6 Å². The number of nitrogens with one attached hydrogen (secondary N) is 2. The van der Waals surface area contributed by atoms with Crippen LogP contribution in [0.5, 0.6) is 0 Å². The average Bonchev–Trinajstić information content (AvgIpc) is 2.41. The lowest BCUT2D eigenvalue weighted by Crippen LogP contribution is -2.47. The lowest BCUT2D eigenvalue weighted by Gasteiger charge is -2.20. The minimum atomic E-state index is -1.02. The molecule has 1 rings (SSSR count). The number of amides is 2. The molecule has 0 aliphatic carbocycles. The predicted octanol–water partition coefficient (Wildman–Crippen LogP) is 2.42. The van der Waals surface area contributed by atoms with Crippen molar-refractivity contribution < 1.29 is 14.7 Å². The SMILES string of the molecule is CC(C)(C)CNC(=O)NC(CCc1ccccc1)C(=O)O. The molecule has 21 heavy (non-hydrogen) atoms. The minimum absolute atomic E-state index is 0.0416. The quantitative estimate of drug-likeness (QED) is 0.753. The molecule has 0 fully saturated rings. The summed E-state index contributed by atoms with van der Waals surface area (Å²) < 4.78 is 0. The molecule has 1 aromatic rings. The topological polar surface area (TPSA) is 78.4 Å². The van der Waals surface area contributed by atoms with E-state index >= 15 is 0 Å². The molecule has 0 spiro atoms. The maximum Gasteiger partial charge on any atom is 0.326 e. The van der Waals surface area contributed by atoms with Gasteiger partial charge in [-0.05, 0) is 23.8 Å². The van der Waals surface area contributed by atoms with Crippen LogP contribution >= 0.6 is 0 Å². The van der Waals surface area contributed by atoms with Crippen LogP contribution in [0.3, 0.4) is 0 Å². The van der Waals surface area contributed by atoms with Gasteiger partial charge in [-0.25, -0.2) is 9.59 Å². The van der Waals surface area contributed by atoms with Crippen LogP contribution in [0.25, 0.3) is 0 Å². The Morgan fingerprint density at radius 1 is 1.19 bits per heavy atom. The number of hydrogen-bond donors (Lipinski definition) is 3. The summed E-state index contributed by atoms with van der Waals surface area (Å²) in [5.41, 5.74) is 1.01. The molecule has 0 heterocycles. The van der Waals surface area contributed by atoms with Crippen molar-refractivity contribution in [3.8, 4) is 0 Å². The summed E-state index contributed by atoms with van der Waals surface area (Å²) in [6.07, 6.45) is 0.972. The fourth-order valence-corrected chi connectivity index (χ4v) is 1.77. The van der Waals surface area contributed by atoms with Crippen molar-refractivity contribution in [1.29, 1.82) is 0 Å². The fraction of sp³-hybridized carbons (Fsp3) is 0.500. The number of carboxylic acid groups (broad SMARTS) is 1. The molecule has 0 saturated heterocycles. The molecule has 1 unspecified atom stereocenters. The zero-order chi connectivity index (χ0) is 15.9. The van der Waals surface area contributed by atoms with Gasteiger partial charge in [-0.1, -0.05) is 51.1 Å². The van der Waals surface area contributed by atoms with Crippen LogP contribution in [0.4, 0.5) is 4.79 Å². The van der Waals surface area contributed by atoms with Crippen LogP contribution in [-0.4, -0.2) is 29.7 Å². The number of carboxylic acids is 1. The van der Waals surface area contributed by atoms with Crippen molar-refractivity contribution in [2.45, 2.75) is 39.7 Å². The Hall–Kier alpha value is -2.04. The van der Waals surface area contributed by atoms with Crippen molar-refractivity contribution in [3.63, 3.8) is 0 Å². The van der Waals surface area contributed by atoms with E-state index in [4.69, 9.17) is 0 Å². The number of carbonyl (C=O) groups excluding carboxylic acids is 1. The van der Waals surface area contributed by atoms with E-state index in [1.807, 2.05) is 51.1 Å². The number of hydrogen-bond acceptors (Lipinski definition) is 2. The number of rotatable bonds is 6. The largest absolute Gasteiger partial charge is 0.480 e. The summed E-state index contributed by atoms with van der Waals surface area (Å²) in [5.74, 6) is -1.02. The molecule has 1 aromatic carbocycles. The number of aryl methyl sites for hydroxylation is 1. The molecular weight excluding hydrogens is 268 g/mol. The molecule has 0 saturated carbocycles. The Balaban J connectivity index is 2.46. The third-order valence-corrected chi connectivity index (χ3v) is 2.95. The van der Waals surface area contributed by atoms with Crippen molar-refractivity contribution in [3.05, 3.63) is 35.9 Å². The highest BCUT2D eigenvalue weighted by Gasteiger charge is 2.20. The molecule has 0 radical (unpaired) electrons.